The Morgan fingerprint density at radius 1 is 1.19 bits per heavy atom. The lowest BCUT2D eigenvalue weighted by atomic mass is 10.1. The van der Waals surface area contributed by atoms with E-state index in [1.165, 1.54) is 12.1 Å². The van der Waals surface area contributed by atoms with Gasteiger partial charge in [0.1, 0.15) is 5.82 Å². The first-order chi connectivity index (χ1) is 10.1. The molecule has 3 aromatic rings. The van der Waals surface area contributed by atoms with Crippen molar-refractivity contribution >= 4 is 28.5 Å². The van der Waals surface area contributed by atoms with Crippen LogP contribution in [-0.2, 0) is 4.79 Å². The molecular weight excluding hydrogens is 293 g/mol. The molecule has 21 heavy (non-hydrogen) atoms. The van der Waals surface area contributed by atoms with Gasteiger partial charge in [-0.1, -0.05) is 35.9 Å². The molecule has 106 valence electrons. The molecule has 0 aliphatic rings. The van der Waals surface area contributed by atoms with Crippen LogP contribution >= 0.6 is 11.6 Å². The monoisotopic (exact) mass is 303 g/mol. The summed E-state index contributed by atoms with van der Waals surface area (Å²) in [4.78, 5) is 11.7. The van der Waals surface area contributed by atoms with E-state index in [4.69, 9.17) is 11.6 Å². The lowest BCUT2D eigenvalue weighted by Crippen LogP contribution is -2.20. The molecule has 1 atom stereocenters. The number of aliphatic carboxylic acids is 1. The van der Waals surface area contributed by atoms with Crippen molar-refractivity contribution in [2.45, 2.75) is 6.04 Å². The van der Waals surface area contributed by atoms with Crippen molar-refractivity contribution in [2.24, 2.45) is 0 Å². The lowest BCUT2D eigenvalue weighted by Gasteiger charge is -2.17. The van der Waals surface area contributed by atoms with E-state index in [0.717, 1.165) is 17.0 Å². The number of fused-ring (bicyclic) bond motifs is 1. The van der Waals surface area contributed by atoms with Crippen molar-refractivity contribution in [2.75, 3.05) is 0 Å². The summed E-state index contributed by atoms with van der Waals surface area (Å²) in [5, 5.41) is 10.6. The van der Waals surface area contributed by atoms with Gasteiger partial charge in [-0.3, -0.25) is 0 Å². The molecule has 0 saturated carbocycles. The smallest absolute Gasteiger partial charge is 0.331 e. The fourth-order valence-electron chi connectivity index (χ4n) is 2.45. The largest absolute Gasteiger partial charge is 0.479 e. The quantitative estimate of drug-likeness (QED) is 0.791. The number of nitrogens with zero attached hydrogens (tertiary/aromatic N) is 1. The summed E-state index contributed by atoms with van der Waals surface area (Å²) in [5.74, 6) is -1.55. The van der Waals surface area contributed by atoms with E-state index in [1.807, 2.05) is 30.3 Å². The third-order valence-corrected chi connectivity index (χ3v) is 3.73. The number of benzene rings is 2. The molecule has 0 bridgehead atoms. The van der Waals surface area contributed by atoms with Gasteiger partial charge >= 0.3 is 5.97 Å². The van der Waals surface area contributed by atoms with Crippen LogP contribution in [0.4, 0.5) is 4.39 Å². The third-order valence-electron chi connectivity index (χ3n) is 3.40. The first kappa shape index (κ1) is 13.6. The maximum Gasteiger partial charge on any atom is 0.331 e. The molecule has 0 amide bonds. The molecule has 3 rings (SSSR count). The van der Waals surface area contributed by atoms with Gasteiger partial charge in [0, 0.05) is 22.3 Å². The predicted octanol–water partition coefficient (Wildman–Crippen LogP) is 4.11. The number of carbonyl (C=O) groups is 1. The Labute approximate surface area is 125 Å². The van der Waals surface area contributed by atoms with Crippen molar-refractivity contribution in [1.29, 1.82) is 0 Å². The number of aromatic nitrogens is 1. The molecular formula is C16H11ClFNO2. The summed E-state index contributed by atoms with van der Waals surface area (Å²) in [6.07, 6.45) is 1.70. The van der Waals surface area contributed by atoms with Crippen molar-refractivity contribution in [3.05, 3.63) is 71.1 Å². The van der Waals surface area contributed by atoms with Crippen LogP contribution in [0.2, 0.25) is 5.02 Å². The number of hydrogen-bond donors (Lipinski definition) is 1. The number of carboxylic acid groups (broad SMARTS) is 1. The lowest BCUT2D eigenvalue weighted by molar-refractivity contribution is -0.139. The van der Waals surface area contributed by atoms with Crippen molar-refractivity contribution < 1.29 is 14.3 Å². The highest BCUT2D eigenvalue weighted by molar-refractivity contribution is 6.31. The highest BCUT2D eigenvalue weighted by atomic mass is 35.5. The van der Waals surface area contributed by atoms with E-state index >= 15 is 0 Å². The molecule has 5 heteroatoms. The second-order valence-electron chi connectivity index (χ2n) is 4.69. The average molecular weight is 304 g/mol. The zero-order valence-corrected chi connectivity index (χ0v) is 11.6. The van der Waals surface area contributed by atoms with Crippen molar-refractivity contribution in [3.63, 3.8) is 0 Å². The second-order valence-corrected chi connectivity index (χ2v) is 5.10. The molecule has 0 spiro atoms. The topological polar surface area (TPSA) is 42.2 Å². The van der Waals surface area contributed by atoms with Crippen molar-refractivity contribution in [3.8, 4) is 0 Å². The normalized spacial score (nSPS) is 12.5. The van der Waals surface area contributed by atoms with Gasteiger partial charge < -0.3 is 9.67 Å². The number of halogens is 2. The summed E-state index contributed by atoms with van der Waals surface area (Å²) in [6, 6.07) is 12.0. The molecule has 0 aliphatic heterocycles. The fraction of sp³-hybridized carbons (Fsp3) is 0.0625. The Morgan fingerprint density at radius 2 is 1.95 bits per heavy atom. The van der Waals surface area contributed by atoms with Crippen LogP contribution < -0.4 is 0 Å². The molecule has 0 saturated heterocycles. The standard InChI is InChI=1S/C16H11ClFNO2/c17-13-9-11(18)5-6-12(13)15(16(20)21)19-8-7-10-3-1-2-4-14(10)19/h1-9,15H,(H,20,21). The van der Waals surface area contributed by atoms with Crippen LogP contribution in [0.25, 0.3) is 10.9 Å². The average Bonchev–Trinajstić information content (AvgIpc) is 2.85. The van der Waals surface area contributed by atoms with E-state index in [9.17, 15) is 14.3 Å². The predicted molar refractivity (Wildman–Crippen MR) is 79.1 cm³/mol. The van der Waals surface area contributed by atoms with Gasteiger partial charge in [-0.25, -0.2) is 9.18 Å². The molecule has 1 aromatic heterocycles. The Kier molecular flexibility index (Phi) is 3.39. The summed E-state index contributed by atoms with van der Waals surface area (Å²) in [7, 11) is 0. The van der Waals surface area contributed by atoms with E-state index in [1.54, 1.807) is 10.8 Å². The Balaban J connectivity index is 2.21. The summed E-state index contributed by atoms with van der Waals surface area (Å²) in [5.41, 5.74) is 1.14. The van der Waals surface area contributed by atoms with Crippen LogP contribution in [0, 0.1) is 5.82 Å². The van der Waals surface area contributed by atoms with Gasteiger partial charge in [0.05, 0.1) is 0 Å². The van der Waals surface area contributed by atoms with Crippen LogP contribution in [0.3, 0.4) is 0 Å². The number of rotatable bonds is 3. The third kappa shape index (κ3) is 2.38. The Morgan fingerprint density at radius 3 is 2.67 bits per heavy atom. The van der Waals surface area contributed by atoms with Crippen LogP contribution in [-0.4, -0.2) is 15.6 Å². The summed E-state index contributed by atoms with van der Waals surface area (Å²) < 4.78 is 14.8. The van der Waals surface area contributed by atoms with E-state index in [-0.39, 0.29) is 5.02 Å². The fourth-order valence-corrected chi connectivity index (χ4v) is 2.73. The summed E-state index contributed by atoms with van der Waals surface area (Å²) >= 11 is 6.02. The number of carboxylic acids is 1. The van der Waals surface area contributed by atoms with Gasteiger partial charge in [-0.15, -0.1) is 0 Å². The highest BCUT2D eigenvalue weighted by Crippen LogP contribution is 2.30. The van der Waals surface area contributed by atoms with E-state index < -0.39 is 17.8 Å². The zero-order chi connectivity index (χ0) is 15.0. The second kappa shape index (κ2) is 5.22. The van der Waals surface area contributed by atoms with Gasteiger partial charge in [0.25, 0.3) is 0 Å². The SMILES string of the molecule is O=C(O)C(c1ccc(F)cc1Cl)n1ccc2ccccc21. The molecule has 1 heterocycles. The zero-order valence-electron chi connectivity index (χ0n) is 10.8. The first-order valence-corrected chi connectivity index (χ1v) is 6.69. The van der Waals surface area contributed by atoms with Crippen molar-refractivity contribution in [1.82, 2.24) is 4.57 Å². The van der Waals surface area contributed by atoms with Gasteiger partial charge in [0.15, 0.2) is 6.04 Å². The summed E-state index contributed by atoms with van der Waals surface area (Å²) in [6.45, 7) is 0. The molecule has 1 unspecified atom stereocenters. The first-order valence-electron chi connectivity index (χ1n) is 6.31. The van der Waals surface area contributed by atoms with Gasteiger partial charge in [-0.05, 0) is 29.7 Å². The van der Waals surface area contributed by atoms with E-state index in [2.05, 4.69) is 0 Å². The maximum atomic E-state index is 13.2. The van der Waals surface area contributed by atoms with Crippen LogP contribution in [0.1, 0.15) is 11.6 Å². The number of hydrogen-bond acceptors (Lipinski definition) is 1. The highest BCUT2D eigenvalue weighted by Gasteiger charge is 2.25. The molecule has 2 aromatic carbocycles. The van der Waals surface area contributed by atoms with E-state index in [0.29, 0.717) is 5.56 Å². The van der Waals surface area contributed by atoms with Crippen LogP contribution in [0.5, 0.6) is 0 Å². The minimum atomic E-state index is -1.05. The van der Waals surface area contributed by atoms with Gasteiger partial charge in [0.2, 0.25) is 0 Å². The minimum absolute atomic E-state index is 0.0974. The Hall–Kier alpha value is -2.33. The molecule has 3 nitrogen and oxygen atoms in total. The van der Waals surface area contributed by atoms with Gasteiger partial charge in [-0.2, -0.15) is 0 Å². The molecule has 0 radical (unpaired) electrons. The molecule has 0 aliphatic carbocycles. The number of para-hydroxylation sites is 1. The molecule has 0 fully saturated rings. The van der Waals surface area contributed by atoms with Crippen LogP contribution in [0.15, 0.2) is 54.7 Å². The maximum absolute atomic E-state index is 13.2. The minimum Gasteiger partial charge on any atom is -0.479 e. The Bertz CT molecular complexity index is 828. The molecule has 1 N–H and O–H groups in total.